The first-order valence-corrected chi connectivity index (χ1v) is 7.11. The van der Waals surface area contributed by atoms with Crippen LogP contribution in [0.2, 0.25) is 0 Å². The average molecular weight is 272 g/mol. The van der Waals surface area contributed by atoms with Crippen LogP contribution in [0.25, 0.3) is 0 Å². The quantitative estimate of drug-likeness (QED) is 0.789. The van der Waals surface area contributed by atoms with Crippen molar-refractivity contribution in [2.75, 3.05) is 19.7 Å². The Morgan fingerprint density at radius 1 is 1.55 bits per heavy atom. The van der Waals surface area contributed by atoms with E-state index in [1.54, 1.807) is 6.07 Å². The lowest BCUT2D eigenvalue weighted by Crippen LogP contribution is -2.38. The van der Waals surface area contributed by atoms with Crippen molar-refractivity contribution in [1.82, 2.24) is 4.90 Å². The van der Waals surface area contributed by atoms with Gasteiger partial charge in [0.25, 0.3) is 0 Å². The molecule has 1 unspecified atom stereocenters. The van der Waals surface area contributed by atoms with Gasteiger partial charge >= 0.3 is 5.97 Å². The molecule has 0 saturated carbocycles. The van der Waals surface area contributed by atoms with E-state index in [0.717, 1.165) is 38.0 Å². The first kappa shape index (κ1) is 14.5. The minimum Gasteiger partial charge on any atom is -0.466 e. The summed E-state index contributed by atoms with van der Waals surface area (Å²) in [6, 6.07) is 9.80. The maximum absolute atomic E-state index is 11.8. The third-order valence-electron chi connectivity index (χ3n) is 3.59. The van der Waals surface area contributed by atoms with E-state index in [1.165, 1.54) is 0 Å². The molecule has 0 bridgehead atoms. The van der Waals surface area contributed by atoms with Gasteiger partial charge < -0.3 is 4.74 Å². The Hall–Kier alpha value is -1.86. The van der Waals surface area contributed by atoms with E-state index in [-0.39, 0.29) is 11.9 Å². The second kappa shape index (κ2) is 7.06. The number of ether oxygens (including phenoxy) is 1. The van der Waals surface area contributed by atoms with Gasteiger partial charge in [0.05, 0.1) is 24.2 Å². The van der Waals surface area contributed by atoms with Crippen LogP contribution >= 0.6 is 0 Å². The molecule has 4 heteroatoms. The van der Waals surface area contributed by atoms with Crippen LogP contribution in [-0.2, 0) is 16.1 Å². The Bertz CT molecular complexity index is 507. The molecule has 1 saturated heterocycles. The van der Waals surface area contributed by atoms with Gasteiger partial charge in [0.2, 0.25) is 0 Å². The number of hydrogen-bond donors (Lipinski definition) is 0. The molecule has 0 aromatic heterocycles. The van der Waals surface area contributed by atoms with Gasteiger partial charge in [-0.05, 0) is 44.0 Å². The third-order valence-corrected chi connectivity index (χ3v) is 3.59. The second-order valence-corrected chi connectivity index (χ2v) is 5.14. The standard InChI is InChI=1S/C16H20N2O2/c1-2-20-16(19)15-7-4-8-18(12-15)11-14-6-3-5-13(9-14)10-17/h3,5-6,9,15H,2,4,7-8,11-12H2,1H3. The van der Waals surface area contributed by atoms with Gasteiger partial charge in [0.1, 0.15) is 0 Å². The van der Waals surface area contributed by atoms with Crippen molar-refractivity contribution in [2.45, 2.75) is 26.3 Å². The molecule has 1 aliphatic rings. The number of nitriles is 1. The Balaban J connectivity index is 1.95. The molecule has 2 rings (SSSR count). The molecule has 1 fully saturated rings. The SMILES string of the molecule is CCOC(=O)C1CCCN(Cc2cccc(C#N)c2)C1. The average Bonchev–Trinajstić information content (AvgIpc) is 2.48. The molecule has 0 N–H and O–H groups in total. The molecule has 0 aliphatic carbocycles. The lowest BCUT2D eigenvalue weighted by Gasteiger charge is -2.31. The lowest BCUT2D eigenvalue weighted by atomic mass is 9.97. The van der Waals surface area contributed by atoms with Gasteiger partial charge in [0.15, 0.2) is 0 Å². The lowest BCUT2D eigenvalue weighted by molar-refractivity contribution is -0.150. The highest BCUT2D eigenvalue weighted by Crippen LogP contribution is 2.20. The van der Waals surface area contributed by atoms with Crippen LogP contribution in [0, 0.1) is 17.2 Å². The van der Waals surface area contributed by atoms with Gasteiger partial charge in [0, 0.05) is 13.1 Å². The number of rotatable bonds is 4. The number of hydrogen-bond acceptors (Lipinski definition) is 4. The number of nitrogens with zero attached hydrogens (tertiary/aromatic N) is 2. The first-order chi connectivity index (χ1) is 9.72. The molecule has 1 atom stereocenters. The van der Waals surface area contributed by atoms with Gasteiger partial charge in [-0.1, -0.05) is 12.1 Å². The number of carbonyl (C=O) groups is 1. The second-order valence-electron chi connectivity index (χ2n) is 5.14. The summed E-state index contributed by atoms with van der Waals surface area (Å²) in [5, 5.41) is 8.92. The Labute approximate surface area is 120 Å². The smallest absolute Gasteiger partial charge is 0.310 e. The zero-order valence-corrected chi connectivity index (χ0v) is 11.8. The molecular weight excluding hydrogens is 252 g/mol. The van der Waals surface area contributed by atoms with E-state index >= 15 is 0 Å². The zero-order valence-electron chi connectivity index (χ0n) is 11.8. The van der Waals surface area contributed by atoms with Gasteiger partial charge in [-0.2, -0.15) is 5.26 Å². The molecule has 20 heavy (non-hydrogen) atoms. The van der Waals surface area contributed by atoms with E-state index in [1.807, 2.05) is 25.1 Å². The fourth-order valence-electron chi connectivity index (χ4n) is 2.65. The molecule has 1 aliphatic heterocycles. The summed E-state index contributed by atoms with van der Waals surface area (Å²) in [5.74, 6) is -0.0918. The van der Waals surface area contributed by atoms with Crippen LogP contribution in [0.4, 0.5) is 0 Å². The van der Waals surface area contributed by atoms with Crippen molar-refractivity contribution in [3.63, 3.8) is 0 Å². The minimum atomic E-state index is -0.0806. The van der Waals surface area contributed by atoms with Crippen LogP contribution in [-0.4, -0.2) is 30.6 Å². The predicted molar refractivity (Wildman–Crippen MR) is 75.8 cm³/mol. The summed E-state index contributed by atoms with van der Waals surface area (Å²) in [7, 11) is 0. The largest absolute Gasteiger partial charge is 0.466 e. The van der Waals surface area contributed by atoms with E-state index in [0.29, 0.717) is 12.2 Å². The molecule has 1 aromatic rings. The van der Waals surface area contributed by atoms with Crippen LogP contribution in [0.5, 0.6) is 0 Å². The van der Waals surface area contributed by atoms with Crippen LogP contribution in [0.15, 0.2) is 24.3 Å². The summed E-state index contributed by atoms with van der Waals surface area (Å²) in [4.78, 5) is 14.1. The van der Waals surface area contributed by atoms with Crippen LogP contribution in [0.3, 0.4) is 0 Å². The highest BCUT2D eigenvalue weighted by atomic mass is 16.5. The third kappa shape index (κ3) is 3.82. The van der Waals surface area contributed by atoms with Gasteiger partial charge in [-0.15, -0.1) is 0 Å². The summed E-state index contributed by atoms with van der Waals surface area (Å²) in [6.07, 6.45) is 1.93. The highest BCUT2D eigenvalue weighted by Gasteiger charge is 2.26. The topological polar surface area (TPSA) is 53.3 Å². The number of piperidine rings is 1. The molecule has 0 radical (unpaired) electrons. The Morgan fingerprint density at radius 2 is 2.40 bits per heavy atom. The van der Waals surface area contributed by atoms with Gasteiger partial charge in [-0.25, -0.2) is 0 Å². The van der Waals surface area contributed by atoms with E-state index in [2.05, 4.69) is 11.0 Å². The predicted octanol–water partition coefficient (Wildman–Crippen LogP) is 2.33. The van der Waals surface area contributed by atoms with Crippen molar-refractivity contribution in [2.24, 2.45) is 5.92 Å². The summed E-state index contributed by atoms with van der Waals surface area (Å²) < 4.78 is 5.11. The Morgan fingerprint density at radius 3 is 3.15 bits per heavy atom. The monoisotopic (exact) mass is 272 g/mol. The van der Waals surface area contributed by atoms with Crippen LogP contribution < -0.4 is 0 Å². The van der Waals surface area contributed by atoms with Crippen molar-refractivity contribution in [3.05, 3.63) is 35.4 Å². The summed E-state index contributed by atoms with van der Waals surface area (Å²) in [6.45, 7) is 4.80. The maximum atomic E-state index is 11.8. The molecule has 1 aromatic carbocycles. The summed E-state index contributed by atoms with van der Waals surface area (Å²) in [5.41, 5.74) is 1.80. The van der Waals surface area contributed by atoms with E-state index in [9.17, 15) is 4.79 Å². The van der Waals surface area contributed by atoms with E-state index in [4.69, 9.17) is 10.00 Å². The molecule has 0 amide bonds. The van der Waals surface area contributed by atoms with E-state index < -0.39 is 0 Å². The highest BCUT2D eigenvalue weighted by molar-refractivity contribution is 5.72. The van der Waals surface area contributed by atoms with Crippen molar-refractivity contribution in [3.8, 4) is 6.07 Å². The first-order valence-electron chi connectivity index (χ1n) is 7.11. The molecule has 4 nitrogen and oxygen atoms in total. The molecule has 1 heterocycles. The fourth-order valence-corrected chi connectivity index (χ4v) is 2.65. The van der Waals surface area contributed by atoms with Gasteiger partial charge in [-0.3, -0.25) is 9.69 Å². The minimum absolute atomic E-state index is 0.0113. The zero-order chi connectivity index (χ0) is 14.4. The van der Waals surface area contributed by atoms with Crippen molar-refractivity contribution < 1.29 is 9.53 Å². The van der Waals surface area contributed by atoms with Crippen LogP contribution in [0.1, 0.15) is 30.9 Å². The molecule has 0 spiro atoms. The normalized spacial score (nSPS) is 19.3. The maximum Gasteiger partial charge on any atom is 0.310 e. The van der Waals surface area contributed by atoms with Crippen molar-refractivity contribution >= 4 is 5.97 Å². The fraction of sp³-hybridized carbons (Fsp3) is 0.500. The molecule has 106 valence electrons. The number of likely N-dealkylation sites (tertiary alicyclic amines) is 1. The number of esters is 1. The summed E-state index contributed by atoms with van der Waals surface area (Å²) >= 11 is 0. The number of benzene rings is 1. The number of carbonyl (C=O) groups excluding carboxylic acids is 1. The van der Waals surface area contributed by atoms with Crippen molar-refractivity contribution in [1.29, 1.82) is 5.26 Å². The molecular formula is C16H20N2O2. The Kier molecular flexibility index (Phi) is 5.14.